The molecule has 1 saturated heterocycles. The van der Waals surface area contributed by atoms with Crippen molar-refractivity contribution >= 4 is 11.9 Å². The van der Waals surface area contributed by atoms with Gasteiger partial charge in [0.2, 0.25) is 0 Å². The van der Waals surface area contributed by atoms with E-state index in [1.807, 2.05) is 0 Å². The van der Waals surface area contributed by atoms with Gasteiger partial charge in [0, 0.05) is 13.1 Å². The van der Waals surface area contributed by atoms with E-state index < -0.39 is 35.1 Å². The third-order valence-corrected chi connectivity index (χ3v) is 2.64. The van der Waals surface area contributed by atoms with Gasteiger partial charge < -0.3 is 5.32 Å². The van der Waals surface area contributed by atoms with E-state index in [4.69, 9.17) is 0 Å². The number of imide groups is 1. The lowest BCUT2D eigenvalue weighted by Crippen LogP contribution is -2.35. The number of nitrogens with zero attached hydrogens (tertiary/aromatic N) is 1. The van der Waals surface area contributed by atoms with E-state index in [-0.39, 0.29) is 13.1 Å². The van der Waals surface area contributed by atoms with E-state index in [2.05, 4.69) is 5.32 Å². The molecule has 0 spiro atoms. The molecule has 102 valence electrons. The van der Waals surface area contributed by atoms with Crippen molar-refractivity contribution in [1.29, 1.82) is 0 Å². The smallest absolute Gasteiger partial charge is 0.336 e. The van der Waals surface area contributed by atoms with Crippen LogP contribution in [0, 0.1) is 5.82 Å². The van der Waals surface area contributed by atoms with Crippen molar-refractivity contribution < 1.29 is 27.2 Å². The molecule has 2 rings (SSSR count). The zero-order valence-electron chi connectivity index (χ0n) is 9.42. The fourth-order valence-corrected chi connectivity index (χ4v) is 1.73. The van der Waals surface area contributed by atoms with E-state index in [1.165, 1.54) is 0 Å². The summed E-state index contributed by atoms with van der Waals surface area (Å²) in [5.74, 6) is -2.75. The van der Waals surface area contributed by atoms with Crippen LogP contribution < -0.4 is 5.32 Å². The summed E-state index contributed by atoms with van der Waals surface area (Å²) in [4.78, 5) is 23.7. The van der Waals surface area contributed by atoms with Crippen LogP contribution >= 0.6 is 0 Å². The summed E-state index contributed by atoms with van der Waals surface area (Å²) in [5.41, 5.74) is -2.30. The van der Waals surface area contributed by atoms with Crippen molar-refractivity contribution in [2.24, 2.45) is 0 Å². The molecule has 0 aromatic heterocycles. The number of alkyl halides is 3. The molecule has 1 aliphatic rings. The number of amides is 3. The Bertz CT molecular complexity index is 542. The Labute approximate surface area is 105 Å². The second-order valence-electron chi connectivity index (χ2n) is 3.85. The number of hydrogen-bond acceptors (Lipinski definition) is 2. The summed E-state index contributed by atoms with van der Waals surface area (Å²) < 4.78 is 51.2. The predicted molar refractivity (Wildman–Crippen MR) is 55.8 cm³/mol. The van der Waals surface area contributed by atoms with Crippen LogP contribution in [-0.4, -0.2) is 29.9 Å². The molecular weight excluding hydrogens is 268 g/mol. The molecule has 19 heavy (non-hydrogen) atoms. The molecule has 0 radical (unpaired) electrons. The third kappa shape index (κ3) is 2.38. The van der Waals surface area contributed by atoms with E-state index in [0.717, 1.165) is 12.1 Å². The number of rotatable bonds is 1. The first-order chi connectivity index (χ1) is 8.82. The van der Waals surface area contributed by atoms with Gasteiger partial charge in [0.15, 0.2) is 0 Å². The Hall–Kier alpha value is -2.12. The molecule has 0 aliphatic carbocycles. The maximum atomic E-state index is 13.7. The van der Waals surface area contributed by atoms with Crippen molar-refractivity contribution in [2.75, 3.05) is 13.1 Å². The summed E-state index contributed by atoms with van der Waals surface area (Å²) in [7, 11) is 0. The minimum Gasteiger partial charge on any atom is -0.336 e. The number of carbonyl (C=O) groups is 2. The molecule has 4 nitrogen and oxygen atoms in total. The van der Waals surface area contributed by atoms with Gasteiger partial charge in [-0.3, -0.25) is 9.69 Å². The van der Waals surface area contributed by atoms with Crippen LogP contribution in [0.5, 0.6) is 0 Å². The van der Waals surface area contributed by atoms with Gasteiger partial charge in [0.25, 0.3) is 5.91 Å². The molecule has 0 atom stereocenters. The van der Waals surface area contributed by atoms with E-state index in [9.17, 15) is 27.2 Å². The number of urea groups is 1. The Kier molecular flexibility index (Phi) is 3.17. The first kappa shape index (κ1) is 13.3. The van der Waals surface area contributed by atoms with E-state index in [1.54, 1.807) is 0 Å². The molecule has 1 aromatic rings. The quantitative estimate of drug-likeness (QED) is 0.798. The number of hydrogen-bond donors (Lipinski definition) is 1. The molecule has 0 bridgehead atoms. The van der Waals surface area contributed by atoms with Gasteiger partial charge in [-0.15, -0.1) is 0 Å². The van der Waals surface area contributed by atoms with Crippen LogP contribution in [0.4, 0.5) is 22.4 Å². The Morgan fingerprint density at radius 3 is 2.53 bits per heavy atom. The van der Waals surface area contributed by atoms with Gasteiger partial charge in [-0.2, -0.15) is 13.2 Å². The van der Waals surface area contributed by atoms with Crippen LogP contribution in [0.2, 0.25) is 0 Å². The van der Waals surface area contributed by atoms with E-state index >= 15 is 0 Å². The number of halogens is 4. The first-order valence-electron chi connectivity index (χ1n) is 5.28. The summed E-state index contributed by atoms with van der Waals surface area (Å²) in [6.45, 7) is 0.179. The van der Waals surface area contributed by atoms with Crippen molar-refractivity contribution in [3.8, 4) is 0 Å². The predicted octanol–water partition coefficient (Wildman–Crippen LogP) is 2.01. The highest BCUT2D eigenvalue weighted by molar-refractivity contribution is 6.05. The summed E-state index contributed by atoms with van der Waals surface area (Å²) in [6, 6.07) is 1.63. The largest absolute Gasteiger partial charge is 0.419 e. The molecule has 1 aromatic carbocycles. The molecule has 1 heterocycles. The number of nitrogens with one attached hydrogen (secondary N) is 1. The van der Waals surface area contributed by atoms with Gasteiger partial charge in [-0.25, -0.2) is 9.18 Å². The highest BCUT2D eigenvalue weighted by atomic mass is 19.4. The lowest BCUT2D eigenvalue weighted by molar-refractivity contribution is -0.140. The van der Waals surface area contributed by atoms with Crippen LogP contribution in [0.3, 0.4) is 0 Å². The van der Waals surface area contributed by atoms with Crippen molar-refractivity contribution in [3.05, 3.63) is 35.1 Å². The molecule has 0 saturated carbocycles. The second-order valence-corrected chi connectivity index (χ2v) is 3.85. The van der Waals surface area contributed by atoms with Crippen LogP contribution in [0.25, 0.3) is 0 Å². The molecule has 1 N–H and O–H groups in total. The molecular formula is C11H8F4N2O2. The average Bonchev–Trinajstić information content (AvgIpc) is 2.73. The first-order valence-corrected chi connectivity index (χ1v) is 5.28. The Morgan fingerprint density at radius 2 is 2.00 bits per heavy atom. The van der Waals surface area contributed by atoms with Gasteiger partial charge in [0.05, 0.1) is 11.1 Å². The minimum absolute atomic E-state index is 0.00660. The SMILES string of the molecule is O=C1NCCN1C(=O)c1cccc(C(F)(F)F)c1F. The summed E-state index contributed by atoms with van der Waals surface area (Å²) in [6.07, 6.45) is -4.90. The van der Waals surface area contributed by atoms with Crippen LogP contribution in [0.15, 0.2) is 18.2 Å². The maximum absolute atomic E-state index is 13.7. The molecule has 3 amide bonds. The molecule has 8 heteroatoms. The van der Waals surface area contributed by atoms with Crippen molar-refractivity contribution in [3.63, 3.8) is 0 Å². The van der Waals surface area contributed by atoms with Crippen molar-refractivity contribution in [2.45, 2.75) is 6.18 Å². The van der Waals surface area contributed by atoms with Gasteiger partial charge in [0.1, 0.15) is 5.82 Å². The highest BCUT2D eigenvalue weighted by Crippen LogP contribution is 2.32. The maximum Gasteiger partial charge on any atom is 0.419 e. The summed E-state index contributed by atoms with van der Waals surface area (Å²) in [5, 5.41) is 2.31. The molecule has 0 unspecified atom stereocenters. The summed E-state index contributed by atoms with van der Waals surface area (Å²) >= 11 is 0. The van der Waals surface area contributed by atoms with Gasteiger partial charge in [-0.1, -0.05) is 6.07 Å². The van der Waals surface area contributed by atoms with Crippen molar-refractivity contribution in [1.82, 2.24) is 10.2 Å². The minimum atomic E-state index is -4.90. The number of benzene rings is 1. The zero-order chi connectivity index (χ0) is 14.2. The lowest BCUT2D eigenvalue weighted by atomic mass is 10.1. The fraction of sp³-hybridized carbons (Fsp3) is 0.273. The highest BCUT2D eigenvalue weighted by Gasteiger charge is 2.37. The van der Waals surface area contributed by atoms with Crippen LogP contribution in [0.1, 0.15) is 15.9 Å². The fourth-order valence-electron chi connectivity index (χ4n) is 1.73. The standard InChI is InChI=1S/C11H8F4N2O2/c12-8-6(2-1-3-7(8)11(13,14)15)9(18)17-5-4-16-10(17)19/h1-3H,4-5H2,(H,16,19). The molecule has 1 fully saturated rings. The Morgan fingerprint density at radius 1 is 1.32 bits per heavy atom. The molecule has 1 aliphatic heterocycles. The zero-order valence-corrected chi connectivity index (χ0v) is 9.42. The monoisotopic (exact) mass is 276 g/mol. The number of carbonyl (C=O) groups excluding carboxylic acids is 2. The van der Waals surface area contributed by atoms with Crippen LogP contribution in [-0.2, 0) is 6.18 Å². The van der Waals surface area contributed by atoms with Gasteiger partial charge >= 0.3 is 12.2 Å². The topological polar surface area (TPSA) is 49.4 Å². The average molecular weight is 276 g/mol. The normalized spacial score (nSPS) is 15.6. The third-order valence-electron chi connectivity index (χ3n) is 2.64. The Balaban J connectivity index is 2.41. The second kappa shape index (κ2) is 4.52. The lowest BCUT2D eigenvalue weighted by Gasteiger charge is -2.15. The van der Waals surface area contributed by atoms with Gasteiger partial charge in [-0.05, 0) is 12.1 Å². The van der Waals surface area contributed by atoms with E-state index in [0.29, 0.717) is 11.0 Å².